The summed E-state index contributed by atoms with van der Waals surface area (Å²) in [4.78, 5) is 42.1. The van der Waals surface area contributed by atoms with Crippen LogP contribution in [0.15, 0.2) is 142 Å². The average Bonchev–Trinajstić information content (AvgIpc) is 1.52. The summed E-state index contributed by atoms with van der Waals surface area (Å²) in [7, 11) is 0. The highest BCUT2D eigenvalue weighted by atomic mass is 79.9. The maximum Gasteiger partial charge on any atom is 0.380 e. The van der Waals surface area contributed by atoms with Crippen LogP contribution in [0.3, 0.4) is 0 Å². The molecule has 31 heteroatoms. The Morgan fingerprint density at radius 2 is 0.657 bits per heavy atom. The summed E-state index contributed by atoms with van der Waals surface area (Å²) in [6.07, 6.45) is 1.73. The molecule has 0 radical (unpaired) electrons. The van der Waals surface area contributed by atoms with Crippen molar-refractivity contribution in [3.8, 4) is 84.7 Å². The molecule has 12 aromatic rings. The number of phenolic OH excluding ortho intramolecular Hbond substituents is 2. The molecule has 4 aromatic carbocycles. The van der Waals surface area contributed by atoms with Crippen molar-refractivity contribution in [2.75, 3.05) is 38.4 Å². The van der Waals surface area contributed by atoms with Crippen LogP contribution in [0, 0.1) is 0 Å². The third kappa shape index (κ3) is 22.3. The largest absolute Gasteiger partial charge is 0.504 e. The number of hydrogen-bond donors (Lipinski definition) is 2. The van der Waals surface area contributed by atoms with Crippen molar-refractivity contribution in [2.24, 2.45) is 0 Å². The highest BCUT2D eigenvalue weighted by molar-refractivity contribution is 9.09. The van der Waals surface area contributed by atoms with E-state index in [0.717, 1.165) is 77.2 Å². The fourth-order valence-corrected chi connectivity index (χ4v) is 22.6. The Morgan fingerprint density at radius 1 is 0.358 bits per heavy atom. The number of ether oxygens (including phenoxy) is 5. The van der Waals surface area contributed by atoms with Gasteiger partial charge in [0.05, 0.1) is 42.8 Å². The molecule has 2 aliphatic rings. The molecule has 2 aliphatic carbocycles. The topological polar surface area (TPSA) is 164 Å². The van der Waals surface area contributed by atoms with Crippen LogP contribution >= 0.6 is 84.0 Å². The molecule has 2 N–H and O–H groups in total. The SMILES string of the molecule is C.C.CC(C)(C)c1ccc(-c2oc3cc(O)c(O)cc3c2C2=C(c3cc(-c4ccc(C(C)(C)C)s4)sc3-c3ccc(C(C)(C)C)s3)C(F)(F)C(F)(F)C2(F)F)cc1.CCOC(=O)CCCBr.CCOC(=O)CCCOc1cc2oc(-c3ccc(C(C)(C)C)cc3)c(C3=C(c4cc(-c5ccc(C(C)(C)C)s5)sc4-c4ccc(C(C)(C)C)s4)C(F)(F)C(F)(F)C3(F)F)c2cc1OCCCC(=O)OCC. The maximum atomic E-state index is 17.4. The number of furan rings is 2. The molecule has 0 unspecified atom stereocenters. The van der Waals surface area contributed by atoms with Crippen molar-refractivity contribution in [1.82, 2.24) is 0 Å². The standard InChI is InChI=1S/C55H60F6O7S3.C43H40F6O3S3.C6H11BrO2.2CH4/c1-12-64-43(62)16-14-26-66-36-28-33-35(30-37(36)67-27-15-17-44(63)65-13-2)68-48(31-18-20-32(21-19-31)50(3,4)5)45(33)47-46(53(56,57)55(60,61)54(47,58)59)34-29-40(38-22-24-41(69-38)51(6,7)8)71-49(34)39-23-25-42(70-39)52(9,10)11;1-38(2,3)22-12-10-21(11-13-22)36-33(23-18-25(50)26(51)20-27(23)52-36)35-34(41(44,45)43(48,49)42(35,46)47)24-19-30(28-14-16-31(53-28)39(4,5)6)55-37(24)29-15-17-32(54-29)40(7,8)9;1-2-9-6(8)4-3-5-7;;/h18-25,28-30H,12-17,26-27H2,1-11H3;10-20,50-51H,1-9H3;2-5H2,1H3;2*1H4. The predicted octanol–water partition coefficient (Wildman–Crippen LogP) is 34.5. The van der Waals surface area contributed by atoms with Crippen LogP contribution < -0.4 is 9.47 Å². The van der Waals surface area contributed by atoms with Crippen LogP contribution in [0.1, 0.15) is 252 Å². The number of fused-ring (bicyclic) bond motifs is 2. The van der Waals surface area contributed by atoms with Gasteiger partial charge in [-0.2, -0.15) is 52.7 Å². The van der Waals surface area contributed by atoms with Gasteiger partial charge >= 0.3 is 53.4 Å². The second-order valence-electron chi connectivity index (χ2n) is 39.3. The molecular formula is C106H119BrF12O12S6. The molecule has 12 nitrogen and oxygen atoms in total. The van der Waals surface area contributed by atoms with Gasteiger partial charge in [0.25, 0.3) is 0 Å². The number of carbonyl (C=O) groups is 3. The molecule has 8 heterocycles. The van der Waals surface area contributed by atoms with Crippen LogP contribution in [-0.2, 0) is 61.1 Å². The van der Waals surface area contributed by atoms with Crippen molar-refractivity contribution >= 4 is 146 Å². The number of rotatable bonds is 26. The number of thiophene rings is 6. The predicted molar refractivity (Wildman–Crippen MR) is 540 cm³/mol. The average molecular weight is 2090 g/mol. The quantitative estimate of drug-likeness (QED) is 0.0132. The highest BCUT2D eigenvalue weighted by Crippen LogP contribution is 2.71. The summed E-state index contributed by atoms with van der Waals surface area (Å²) in [6, 6.07) is 34.8. The lowest BCUT2D eigenvalue weighted by atomic mass is 9.86. The minimum absolute atomic E-state index is 0. The number of carbonyl (C=O) groups excluding carboxylic acids is 3. The van der Waals surface area contributed by atoms with Gasteiger partial charge in [-0.1, -0.05) is 204 Å². The van der Waals surface area contributed by atoms with Gasteiger partial charge in [-0.05, 0) is 156 Å². The van der Waals surface area contributed by atoms with E-state index >= 15 is 52.7 Å². The molecule has 0 amide bonds. The number of esters is 3. The van der Waals surface area contributed by atoms with Crippen LogP contribution in [0.2, 0.25) is 0 Å². The minimum atomic E-state index is -5.91. The lowest BCUT2D eigenvalue weighted by molar-refractivity contribution is -0.254. The first-order valence-electron chi connectivity index (χ1n) is 44.3. The molecule has 8 aromatic heterocycles. The van der Waals surface area contributed by atoms with Crippen molar-refractivity contribution in [2.45, 2.75) is 267 Å². The molecular weight excluding hydrogens is 1970 g/mol. The van der Waals surface area contributed by atoms with Crippen LogP contribution in [0.4, 0.5) is 52.7 Å². The number of alkyl halides is 13. The fourth-order valence-electron chi connectivity index (χ4n) is 15.4. The molecule has 0 saturated carbocycles. The molecule has 0 spiro atoms. The summed E-state index contributed by atoms with van der Waals surface area (Å²) >= 11 is 10.8. The Hall–Kier alpha value is -9.11. The van der Waals surface area contributed by atoms with Gasteiger partial charge in [0.1, 0.15) is 22.7 Å². The maximum absolute atomic E-state index is 17.4. The minimum Gasteiger partial charge on any atom is -0.504 e. The van der Waals surface area contributed by atoms with E-state index in [4.69, 9.17) is 27.8 Å². The molecule has 742 valence electrons. The molecule has 14 rings (SSSR count). The second kappa shape index (κ2) is 41.2. The Kier molecular flexibility index (Phi) is 33.1. The Morgan fingerprint density at radius 3 is 0.978 bits per heavy atom. The van der Waals surface area contributed by atoms with Crippen LogP contribution in [0.5, 0.6) is 23.0 Å². The normalized spacial score (nSPS) is 15.6. The Bertz CT molecular complexity index is 6400. The number of halogens is 13. The number of phenols is 2. The summed E-state index contributed by atoms with van der Waals surface area (Å²) < 4.78 is 241. The lowest BCUT2D eigenvalue weighted by Crippen LogP contribution is -2.48. The summed E-state index contributed by atoms with van der Waals surface area (Å²) in [5, 5.41) is 21.2. The highest BCUT2D eigenvalue weighted by Gasteiger charge is 2.82. The van der Waals surface area contributed by atoms with E-state index in [1.54, 1.807) is 74.5 Å². The van der Waals surface area contributed by atoms with E-state index in [-0.39, 0.29) is 166 Å². The molecule has 0 saturated heterocycles. The monoisotopic (exact) mass is 2080 g/mol. The summed E-state index contributed by atoms with van der Waals surface area (Å²) in [6.45, 7) is 41.7. The second-order valence-corrected chi connectivity index (χ2v) is 46.6. The van der Waals surface area contributed by atoms with E-state index < -0.39 is 109 Å². The van der Waals surface area contributed by atoms with E-state index in [1.807, 2.05) is 168 Å². The van der Waals surface area contributed by atoms with Gasteiger partial charge < -0.3 is 42.7 Å². The first kappa shape index (κ1) is 110. The van der Waals surface area contributed by atoms with Gasteiger partial charge in [0, 0.05) is 152 Å². The van der Waals surface area contributed by atoms with Crippen molar-refractivity contribution in [3.05, 3.63) is 186 Å². The van der Waals surface area contributed by atoms with E-state index in [9.17, 15) is 24.6 Å². The first-order chi connectivity index (χ1) is 62.7. The smallest absolute Gasteiger partial charge is 0.380 e. The van der Waals surface area contributed by atoms with Gasteiger partial charge in [0.15, 0.2) is 23.0 Å². The van der Waals surface area contributed by atoms with E-state index in [2.05, 4.69) is 20.7 Å². The zero-order valence-corrected chi connectivity index (χ0v) is 85.5. The molecule has 0 fully saturated rings. The fraction of sp³-hybridized carbons (Fsp3) is 0.443. The van der Waals surface area contributed by atoms with Crippen LogP contribution in [-0.4, -0.2) is 102 Å². The third-order valence-electron chi connectivity index (χ3n) is 22.7. The summed E-state index contributed by atoms with van der Waals surface area (Å²) in [5.74, 6) is -36.7. The Balaban J connectivity index is 0.000000262. The molecule has 0 aliphatic heterocycles. The summed E-state index contributed by atoms with van der Waals surface area (Å²) in [5.41, 5.74) is -8.86. The number of allylic oxidation sites excluding steroid dienone is 4. The van der Waals surface area contributed by atoms with E-state index in [0.29, 0.717) is 42.3 Å². The molecule has 0 atom stereocenters. The van der Waals surface area contributed by atoms with Crippen molar-refractivity contribution < 1.29 is 110 Å². The van der Waals surface area contributed by atoms with Crippen molar-refractivity contribution in [1.29, 1.82) is 0 Å². The molecule has 137 heavy (non-hydrogen) atoms. The zero-order valence-electron chi connectivity index (χ0n) is 79.0. The van der Waals surface area contributed by atoms with Gasteiger partial charge in [-0.15, -0.1) is 68.0 Å². The molecule has 0 bridgehead atoms. The Labute approximate surface area is 826 Å². The lowest BCUT2D eigenvalue weighted by Gasteiger charge is -2.26. The van der Waals surface area contributed by atoms with Crippen LogP contribution in [0.25, 0.3) is 106 Å². The first-order valence-corrected chi connectivity index (χ1v) is 50.3. The number of aromatic hydroxyl groups is 2. The van der Waals surface area contributed by atoms with Gasteiger partial charge in [-0.25, -0.2) is 0 Å². The van der Waals surface area contributed by atoms with Gasteiger partial charge in [0.2, 0.25) is 0 Å². The zero-order chi connectivity index (χ0) is 99.6. The number of benzene rings is 4. The van der Waals surface area contributed by atoms with Gasteiger partial charge in [-0.3, -0.25) is 14.4 Å². The van der Waals surface area contributed by atoms with Crippen molar-refractivity contribution in [3.63, 3.8) is 0 Å². The third-order valence-corrected chi connectivity index (χ3v) is 32.3. The number of hydrogen-bond acceptors (Lipinski definition) is 18. The van der Waals surface area contributed by atoms with E-state index in [1.165, 1.54) is 69.6 Å².